The summed E-state index contributed by atoms with van der Waals surface area (Å²) in [6.45, 7) is 6.84. The molecule has 0 unspecified atom stereocenters. The van der Waals surface area contributed by atoms with E-state index in [4.69, 9.17) is 14.5 Å². The zero-order chi connectivity index (χ0) is 49.2. The molecule has 68 heavy (non-hydrogen) atoms. The first-order valence-corrected chi connectivity index (χ1v) is 22.7. The maximum Gasteiger partial charge on any atom is 0.343 e. The summed E-state index contributed by atoms with van der Waals surface area (Å²) in [6, 6.07) is 0.256. The number of unbranched alkanes of at least 4 members (excludes halogenated alkanes) is 2. The summed E-state index contributed by atoms with van der Waals surface area (Å²) in [5.74, 6) is -5.19. The SMILES string of the molecule is CC[C@@]1(O)C(=O)OCc2c1cc1n(c2=O)Cc2c-1nc1cc(F)c(C)c3c1c2[C@@H](NC(=O)COCNC(=O)CNC(=O)[C@H](C)NC(=O)[C@@H](NC(=O)CCCCCN1C(=O)C=CC1=O)C(C)C)CC3. The van der Waals surface area contributed by atoms with Crippen LogP contribution < -0.4 is 32.1 Å². The first kappa shape index (κ1) is 49.0. The van der Waals surface area contributed by atoms with Crippen LogP contribution in [0, 0.1) is 18.7 Å². The van der Waals surface area contributed by atoms with Gasteiger partial charge in [-0.15, -0.1) is 0 Å². The number of ether oxygens (including phenoxy) is 2. The summed E-state index contributed by atoms with van der Waals surface area (Å²) in [5, 5.41) is 25.1. The largest absolute Gasteiger partial charge is 0.458 e. The number of hydrogen-bond acceptors (Lipinski definition) is 13. The number of aromatic nitrogens is 2. The van der Waals surface area contributed by atoms with Gasteiger partial charge in [0.05, 0.1) is 41.6 Å². The van der Waals surface area contributed by atoms with Crippen LogP contribution in [0.1, 0.15) is 106 Å². The second-order valence-electron chi connectivity index (χ2n) is 17.8. The first-order valence-electron chi connectivity index (χ1n) is 22.7. The lowest BCUT2D eigenvalue weighted by Crippen LogP contribution is -2.55. The number of nitrogens with zero attached hydrogens (tertiary/aromatic N) is 3. The Hall–Kier alpha value is -6.87. The molecule has 362 valence electrons. The Morgan fingerprint density at radius 3 is 2.38 bits per heavy atom. The molecule has 0 radical (unpaired) electrons. The van der Waals surface area contributed by atoms with Crippen molar-refractivity contribution in [2.45, 2.75) is 116 Å². The Labute approximate surface area is 389 Å². The molecule has 1 aromatic carbocycles. The molecular weight excluding hydrogens is 888 g/mol. The molecule has 4 atom stereocenters. The van der Waals surface area contributed by atoms with Gasteiger partial charge in [0.25, 0.3) is 17.4 Å². The van der Waals surface area contributed by atoms with Crippen molar-refractivity contribution >= 4 is 58.2 Å². The normalized spacial score (nSPS) is 18.7. The quantitative estimate of drug-likeness (QED) is 0.0332. The van der Waals surface area contributed by atoms with Crippen molar-refractivity contribution < 1.29 is 57.3 Å². The van der Waals surface area contributed by atoms with E-state index in [1.165, 1.54) is 29.7 Å². The van der Waals surface area contributed by atoms with Gasteiger partial charge in [0.1, 0.15) is 37.8 Å². The number of aliphatic hydroxyl groups is 1. The van der Waals surface area contributed by atoms with Crippen LogP contribution in [0.3, 0.4) is 0 Å². The van der Waals surface area contributed by atoms with Gasteiger partial charge in [-0.05, 0) is 74.6 Å². The maximum absolute atomic E-state index is 15.3. The topological polar surface area (TPSA) is 274 Å². The van der Waals surface area contributed by atoms with E-state index in [1.807, 2.05) is 0 Å². The predicted molar refractivity (Wildman–Crippen MR) is 239 cm³/mol. The third-order valence-corrected chi connectivity index (χ3v) is 12.9. The Balaban J connectivity index is 0.887. The van der Waals surface area contributed by atoms with Gasteiger partial charge in [0.2, 0.25) is 29.5 Å². The van der Waals surface area contributed by atoms with E-state index < -0.39 is 77.9 Å². The van der Waals surface area contributed by atoms with Gasteiger partial charge in [-0.2, -0.15) is 0 Å². The van der Waals surface area contributed by atoms with Gasteiger partial charge in [0, 0.05) is 47.7 Å². The van der Waals surface area contributed by atoms with E-state index in [9.17, 15) is 48.3 Å². The highest BCUT2D eigenvalue weighted by molar-refractivity contribution is 6.12. The molecule has 3 aromatic rings. The molecule has 7 rings (SSSR count). The molecule has 21 heteroatoms. The lowest BCUT2D eigenvalue weighted by Gasteiger charge is -2.31. The summed E-state index contributed by atoms with van der Waals surface area (Å²) < 4.78 is 27.4. The van der Waals surface area contributed by atoms with E-state index in [0.717, 1.165) is 10.5 Å². The van der Waals surface area contributed by atoms with Crippen molar-refractivity contribution in [2.75, 3.05) is 26.4 Å². The van der Waals surface area contributed by atoms with Crippen LogP contribution in [-0.2, 0) is 73.0 Å². The average Bonchev–Trinajstić information content (AvgIpc) is 3.84. The highest BCUT2D eigenvalue weighted by atomic mass is 19.1. The number of imide groups is 1. The van der Waals surface area contributed by atoms with Gasteiger partial charge < -0.3 is 45.7 Å². The van der Waals surface area contributed by atoms with E-state index >= 15 is 4.39 Å². The number of hydrogen-bond donors (Lipinski definition) is 6. The summed E-state index contributed by atoms with van der Waals surface area (Å²) >= 11 is 0. The smallest absolute Gasteiger partial charge is 0.343 e. The number of amides is 7. The molecule has 0 bridgehead atoms. The monoisotopic (exact) mass is 942 g/mol. The zero-order valence-electron chi connectivity index (χ0n) is 38.5. The number of carbonyl (C=O) groups excluding carboxylic acids is 8. The van der Waals surface area contributed by atoms with Crippen LogP contribution in [0.5, 0.6) is 0 Å². The summed E-state index contributed by atoms with van der Waals surface area (Å²) in [6.07, 6.45) is 4.87. The van der Waals surface area contributed by atoms with Gasteiger partial charge in [0.15, 0.2) is 5.60 Å². The van der Waals surface area contributed by atoms with Crippen molar-refractivity contribution in [3.05, 3.63) is 73.8 Å². The lowest BCUT2D eigenvalue weighted by atomic mass is 9.81. The van der Waals surface area contributed by atoms with Gasteiger partial charge in [-0.3, -0.25) is 43.3 Å². The predicted octanol–water partition coefficient (Wildman–Crippen LogP) is 0.968. The van der Waals surface area contributed by atoms with Gasteiger partial charge >= 0.3 is 5.97 Å². The number of carbonyl (C=O) groups is 8. The minimum Gasteiger partial charge on any atom is -0.458 e. The fourth-order valence-electron chi connectivity index (χ4n) is 9.13. The Kier molecular flexibility index (Phi) is 14.5. The molecule has 5 heterocycles. The summed E-state index contributed by atoms with van der Waals surface area (Å²) in [4.78, 5) is 120. The fraction of sp³-hybridized carbons (Fsp3) is 0.489. The number of rotatable bonds is 19. The van der Waals surface area contributed by atoms with Crippen LogP contribution in [0.4, 0.5) is 4.39 Å². The molecule has 6 N–H and O–H groups in total. The third-order valence-electron chi connectivity index (χ3n) is 12.9. The number of halogens is 1. The number of cyclic esters (lactones) is 1. The van der Waals surface area contributed by atoms with Crippen molar-refractivity contribution in [3.63, 3.8) is 0 Å². The van der Waals surface area contributed by atoms with Crippen LogP contribution >= 0.6 is 0 Å². The highest BCUT2D eigenvalue weighted by Gasteiger charge is 2.46. The Morgan fingerprint density at radius 1 is 0.941 bits per heavy atom. The van der Waals surface area contributed by atoms with E-state index in [1.54, 1.807) is 33.8 Å². The molecule has 0 spiro atoms. The molecule has 0 saturated carbocycles. The minimum atomic E-state index is -2.04. The minimum absolute atomic E-state index is 0.0414. The van der Waals surface area contributed by atoms with Crippen molar-refractivity contribution in [1.29, 1.82) is 0 Å². The number of aryl methyl sites for hydroxylation is 1. The first-order chi connectivity index (χ1) is 32.3. The number of pyridine rings is 2. The van der Waals surface area contributed by atoms with Crippen molar-refractivity contribution in [3.8, 4) is 11.4 Å². The molecular formula is C47H55FN8O12. The molecule has 3 aliphatic heterocycles. The van der Waals surface area contributed by atoms with Crippen LogP contribution in [0.15, 0.2) is 29.1 Å². The van der Waals surface area contributed by atoms with Crippen molar-refractivity contribution in [1.82, 2.24) is 41.0 Å². The number of benzene rings is 1. The van der Waals surface area contributed by atoms with E-state index in [-0.39, 0.29) is 74.0 Å². The summed E-state index contributed by atoms with van der Waals surface area (Å²) in [5.41, 5.74) is 1.26. The molecule has 1 aliphatic carbocycles. The van der Waals surface area contributed by atoms with Gasteiger partial charge in [-0.1, -0.05) is 27.2 Å². The van der Waals surface area contributed by atoms with Crippen LogP contribution in [0.25, 0.3) is 22.3 Å². The Bertz CT molecular complexity index is 2700. The van der Waals surface area contributed by atoms with Crippen LogP contribution in [-0.4, -0.2) is 105 Å². The molecule has 4 aliphatic rings. The summed E-state index contributed by atoms with van der Waals surface area (Å²) in [7, 11) is 0. The lowest BCUT2D eigenvalue weighted by molar-refractivity contribution is -0.172. The van der Waals surface area contributed by atoms with Crippen LogP contribution in [0.2, 0.25) is 0 Å². The third kappa shape index (κ3) is 9.75. The maximum atomic E-state index is 15.3. The van der Waals surface area contributed by atoms with Crippen molar-refractivity contribution in [2.24, 2.45) is 5.92 Å². The fourth-order valence-corrected chi connectivity index (χ4v) is 9.13. The number of nitrogens with one attached hydrogen (secondary N) is 5. The number of fused-ring (bicyclic) bond motifs is 5. The van der Waals surface area contributed by atoms with E-state index in [0.29, 0.717) is 71.1 Å². The molecule has 20 nitrogen and oxygen atoms in total. The molecule has 0 saturated heterocycles. The molecule has 2 aromatic heterocycles. The zero-order valence-corrected chi connectivity index (χ0v) is 38.5. The highest BCUT2D eigenvalue weighted by Crippen LogP contribution is 2.46. The standard InChI is InChI=1S/C47H55FN8O12/c1-6-47(66)29-16-33-42-27(19-56(33)45(64)28(29)20-68-46(47)65)40-31(12-11-26-24(4)30(48)17-32(53-42)39(26)40)52-36(59)21-67-22-50-35(58)18-49-43(62)25(5)51-44(63)41(23(2)3)54-34(57)10-8-7-9-15-55-37(60)13-14-38(55)61/h13-14,16-17,23,25,31,41,66H,6-12,15,18-22H2,1-5H3,(H,49,62)(H,50,58)(H,51,63)(H,52,59)(H,54,57)/t25-,31-,41-,47-/m0/s1. The average molecular weight is 943 g/mol. The number of esters is 1. The Morgan fingerprint density at radius 2 is 1.68 bits per heavy atom. The molecule has 0 fully saturated rings. The second kappa shape index (κ2) is 20.2. The van der Waals surface area contributed by atoms with E-state index in [2.05, 4.69) is 26.6 Å². The van der Waals surface area contributed by atoms with Gasteiger partial charge in [-0.25, -0.2) is 14.2 Å². The molecule has 7 amide bonds. The second-order valence-corrected chi connectivity index (χ2v) is 17.8.